The third kappa shape index (κ3) is 4.89. The Kier molecular flexibility index (Phi) is 6.47. The maximum atomic E-state index is 12.0. The number of carbonyl (C=O) groups is 1. The van der Waals surface area contributed by atoms with E-state index in [1.807, 2.05) is 30.3 Å². The van der Waals surface area contributed by atoms with Crippen molar-refractivity contribution in [1.82, 2.24) is 4.98 Å². The molecule has 1 aliphatic heterocycles. The second-order valence-corrected chi connectivity index (χ2v) is 10.2. The summed E-state index contributed by atoms with van der Waals surface area (Å²) in [6.07, 6.45) is 5.94. The minimum atomic E-state index is -0.537. The van der Waals surface area contributed by atoms with Crippen molar-refractivity contribution in [3.8, 4) is 11.1 Å². The number of nitrogen functional groups attached to an aromatic ring is 1. The van der Waals surface area contributed by atoms with E-state index < -0.39 is 5.91 Å². The van der Waals surface area contributed by atoms with Gasteiger partial charge in [0.25, 0.3) is 5.91 Å². The zero-order chi connectivity index (χ0) is 24.5. The summed E-state index contributed by atoms with van der Waals surface area (Å²) in [6.45, 7) is 1.69. The summed E-state index contributed by atoms with van der Waals surface area (Å²) in [5.41, 5.74) is 22.6. The van der Waals surface area contributed by atoms with Gasteiger partial charge in [0.2, 0.25) is 0 Å². The minimum Gasteiger partial charge on any atom is -0.397 e. The fourth-order valence-electron chi connectivity index (χ4n) is 4.35. The number of aromatic nitrogens is 1. The van der Waals surface area contributed by atoms with Crippen molar-refractivity contribution in [2.75, 3.05) is 23.7 Å². The van der Waals surface area contributed by atoms with E-state index in [1.165, 1.54) is 11.3 Å². The Balaban J connectivity index is 1.53. The van der Waals surface area contributed by atoms with Gasteiger partial charge in [0.05, 0.1) is 5.69 Å². The molecule has 0 saturated carbocycles. The van der Waals surface area contributed by atoms with Crippen LogP contribution in [0.3, 0.4) is 0 Å². The molecule has 6 nitrogen and oxygen atoms in total. The van der Waals surface area contributed by atoms with E-state index in [0.29, 0.717) is 20.4 Å². The summed E-state index contributed by atoms with van der Waals surface area (Å²) in [5.74, 6) is 0.327. The van der Waals surface area contributed by atoms with Crippen LogP contribution in [0.5, 0.6) is 0 Å². The predicted molar refractivity (Wildman–Crippen MR) is 148 cm³/mol. The molecule has 0 bridgehead atoms. The molecule has 2 aromatic carbocycles. The van der Waals surface area contributed by atoms with Gasteiger partial charge in [-0.3, -0.25) is 4.79 Å². The number of anilines is 2. The monoisotopic (exact) mass is 503 g/mol. The van der Waals surface area contributed by atoms with Gasteiger partial charge in [0.1, 0.15) is 15.5 Å². The maximum absolute atomic E-state index is 12.0. The quantitative estimate of drug-likeness (QED) is 0.316. The Bertz CT molecular complexity index is 1400. The third-order valence-electron chi connectivity index (χ3n) is 6.33. The molecule has 2 aromatic heterocycles. The number of halogens is 1. The molecule has 8 heteroatoms. The minimum absolute atomic E-state index is 0.224. The van der Waals surface area contributed by atoms with Crippen molar-refractivity contribution < 1.29 is 4.79 Å². The van der Waals surface area contributed by atoms with Crippen molar-refractivity contribution in [2.45, 2.75) is 18.9 Å². The number of nitrogens with zero attached hydrogens (tertiary/aromatic N) is 2. The van der Waals surface area contributed by atoms with E-state index in [1.54, 1.807) is 0 Å². The number of hydrogen-bond acceptors (Lipinski definition) is 6. The van der Waals surface area contributed by atoms with Crippen molar-refractivity contribution in [3.63, 3.8) is 0 Å². The van der Waals surface area contributed by atoms with Gasteiger partial charge in [0.15, 0.2) is 0 Å². The highest BCUT2D eigenvalue weighted by Crippen LogP contribution is 2.41. The molecule has 0 spiro atoms. The first kappa shape index (κ1) is 23.4. The van der Waals surface area contributed by atoms with Crippen LogP contribution in [-0.4, -0.2) is 30.0 Å². The molecule has 0 atom stereocenters. The zero-order valence-corrected chi connectivity index (χ0v) is 20.6. The van der Waals surface area contributed by atoms with Crippen LogP contribution in [0.4, 0.5) is 11.5 Å². The molecule has 35 heavy (non-hydrogen) atoms. The number of primary amides is 1. The third-order valence-corrected chi connectivity index (χ3v) is 7.70. The second-order valence-electron chi connectivity index (χ2n) is 8.75. The summed E-state index contributed by atoms with van der Waals surface area (Å²) >= 11 is 7.22. The lowest BCUT2D eigenvalue weighted by Gasteiger charge is -2.31. The molecule has 178 valence electrons. The first-order valence-corrected chi connectivity index (χ1v) is 12.7. The summed E-state index contributed by atoms with van der Waals surface area (Å²) < 4.78 is 0. The van der Waals surface area contributed by atoms with Gasteiger partial charge in [-0.2, -0.15) is 0 Å². The molecular formula is C27H26ClN5OS. The molecule has 1 amide bonds. The number of nitrogens with two attached hydrogens (primary N) is 3. The molecule has 0 radical (unpaired) electrons. The van der Waals surface area contributed by atoms with Crippen LogP contribution in [0.2, 0.25) is 5.02 Å². The number of piperidine rings is 1. The molecule has 5 rings (SSSR count). The molecule has 0 unspecified atom stereocenters. The van der Waals surface area contributed by atoms with Gasteiger partial charge < -0.3 is 22.1 Å². The highest BCUT2D eigenvalue weighted by atomic mass is 35.5. The number of rotatable bonds is 5. The van der Waals surface area contributed by atoms with Gasteiger partial charge in [-0.15, -0.1) is 11.3 Å². The van der Waals surface area contributed by atoms with Crippen LogP contribution in [0.15, 0.2) is 54.6 Å². The Morgan fingerprint density at radius 2 is 1.63 bits per heavy atom. The van der Waals surface area contributed by atoms with Gasteiger partial charge >= 0.3 is 0 Å². The van der Waals surface area contributed by atoms with Crippen LogP contribution in [0.1, 0.15) is 33.6 Å². The molecular weight excluding hydrogens is 478 g/mol. The molecule has 4 aromatic rings. The van der Waals surface area contributed by atoms with E-state index in [4.69, 9.17) is 33.8 Å². The summed E-state index contributed by atoms with van der Waals surface area (Å²) in [7, 11) is 0. The van der Waals surface area contributed by atoms with E-state index in [9.17, 15) is 4.79 Å². The first-order chi connectivity index (χ1) is 16.9. The lowest BCUT2D eigenvalue weighted by atomic mass is 9.99. The Morgan fingerprint density at radius 3 is 2.23 bits per heavy atom. The van der Waals surface area contributed by atoms with Gasteiger partial charge in [-0.25, -0.2) is 4.98 Å². The average molecular weight is 504 g/mol. The Morgan fingerprint density at radius 1 is 1.03 bits per heavy atom. The largest absolute Gasteiger partial charge is 0.397 e. The van der Waals surface area contributed by atoms with E-state index in [-0.39, 0.29) is 6.04 Å². The first-order valence-electron chi connectivity index (χ1n) is 11.5. The predicted octanol–water partition coefficient (Wildman–Crippen LogP) is 5.40. The van der Waals surface area contributed by atoms with E-state index in [2.05, 4.69) is 41.3 Å². The second kappa shape index (κ2) is 9.70. The molecule has 6 N–H and O–H groups in total. The van der Waals surface area contributed by atoms with Crippen LogP contribution < -0.4 is 22.1 Å². The van der Waals surface area contributed by atoms with Gasteiger partial charge in [-0.05, 0) is 53.3 Å². The molecule has 0 aliphatic carbocycles. The maximum Gasteiger partial charge on any atom is 0.260 e. The number of amides is 1. The van der Waals surface area contributed by atoms with Crippen LogP contribution in [0.25, 0.3) is 33.5 Å². The number of carbonyl (C=O) groups excluding carboxylic acids is 1. The van der Waals surface area contributed by atoms with Crippen LogP contribution in [-0.2, 0) is 0 Å². The summed E-state index contributed by atoms with van der Waals surface area (Å²) in [4.78, 5) is 20.2. The van der Waals surface area contributed by atoms with E-state index in [0.717, 1.165) is 59.4 Å². The molecule has 1 saturated heterocycles. The number of hydrogen-bond donors (Lipinski definition) is 3. The van der Waals surface area contributed by atoms with Crippen molar-refractivity contribution in [3.05, 3.63) is 75.6 Å². The topological polar surface area (TPSA) is 111 Å². The Labute approximate surface area is 213 Å². The van der Waals surface area contributed by atoms with Crippen molar-refractivity contribution in [1.29, 1.82) is 0 Å². The zero-order valence-electron chi connectivity index (χ0n) is 19.1. The number of pyridine rings is 1. The highest BCUT2D eigenvalue weighted by molar-refractivity contribution is 7.21. The lowest BCUT2D eigenvalue weighted by molar-refractivity contribution is 0.100. The van der Waals surface area contributed by atoms with Crippen molar-refractivity contribution in [2.24, 2.45) is 11.5 Å². The number of thiophene rings is 1. The van der Waals surface area contributed by atoms with Crippen molar-refractivity contribution >= 4 is 62.7 Å². The lowest BCUT2D eigenvalue weighted by Crippen LogP contribution is -2.40. The molecule has 3 heterocycles. The summed E-state index contributed by atoms with van der Waals surface area (Å²) in [6, 6.07) is 18.2. The number of fused-ring (bicyclic) bond motifs is 1. The standard InChI is InChI=1S/C27H26ClN5OS/c28-19-9-5-17(6-10-19)2-1-16-3-7-18(8-4-16)21-15-22(33-13-11-20(29)12-14-33)32-27-23(21)24(30)25(35-27)26(31)34/h1-10,15,20H,11-14,29-30H2,(H2,31,34). The molecule has 1 aliphatic rings. The molecule has 1 fully saturated rings. The average Bonchev–Trinajstić information content (AvgIpc) is 3.21. The smallest absolute Gasteiger partial charge is 0.260 e. The van der Waals surface area contributed by atoms with Crippen LogP contribution >= 0.6 is 22.9 Å². The highest BCUT2D eigenvalue weighted by Gasteiger charge is 2.23. The fraction of sp³-hybridized carbons (Fsp3) is 0.185. The number of benzene rings is 2. The Hall–Kier alpha value is -3.39. The van der Waals surface area contributed by atoms with Crippen LogP contribution in [0, 0.1) is 0 Å². The SMILES string of the molecule is NC(=O)c1sc2nc(N3CCC(N)CC3)cc(-c3ccc(C=Cc4ccc(Cl)cc4)cc3)c2c1N. The normalized spacial score (nSPS) is 14.7. The van der Waals surface area contributed by atoms with Gasteiger partial charge in [0, 0.05) is 29.5 Å². The summed E-state index contributed by atoms with van der Waals surface area (Å²) in [5, 5.41) is 1.49. The van der Waals surface area contributed by atoms with Gasteiger partial charge in [-0.1, -0.05) is 60.2 Å². The van der Waals surface area contributed by atoms with E-state index >= 15 is 0 Å². The fourth-order valence-corrected chi connectivity index (χ4v) is 5.44.